The molecule has 0 fully saturated rings. The summed E-state index contributed by atoms with van der Waals surface area (Å²) in [5.74, 6) is 0.573. The Hall–Kier alpha value is -0.890. The van der Waals surface area contributed by atoms with Crippen LogP contribution in [-0.4, -0.2) is 18.5 Å². The van der Waals surface area contributed by atoms with Gasteiger partial charge in [0.25, 0.3) is 0 Å². The van der Waals surface area contributed by atoms with Gasteiger partial charge in [-0.05, 0) is 43.0 Å². The normalized spacial score (nSPS) is 16.6. The van der Waals surface area contributed by atoms with Crippen LogP contribution in [0.1, 0.15) is 30.5 Å². The Kier molecular flexibility index (Phi) is 3.29. The number of likely N-dealkylation sites (N-methyl/N-ethyl adjacent to an activating group) is 1. The fourth-order valence-corrected chi connectivity index (χ4v) is 2.41. The molecule has 0 N–H and O–H groups in total. The Morgan fingerprint density at radius 3 is 2.81 bits per heavy atom. The van der Waals surface area contributed by atoms with Crippen LogP contribution in [0.4, 0.5) is 4.39 Å². The van der Waals surface area contributed by atoms with Crippen molar-refractivity contribution in [2.75, 3.05) is 13.6 Å². The lowest BCUT2D eigenvalue weighted by Gasteiger charge is -2.26. The monoisotopic (exact) mass is 221 g/mol. The van der Waals surface area contributed by atoms with Crippen molar-refractivity contribution in [3.63, 3.8) is 0 Å². The van der Waals surface area contributed by atoms with Crippen molar-refractivity contribution in [3.05, 3.63) is 34.6 Å². The molecule has 0 amide bonds. The fourth-order valence-electron chi connectivity index (χ4n) is 2.41. The standard InChI is InChI=1S/C14H20FN/c1-10(2)6-11-7-12-4-5-16(3)9-13(12)14(15)8-11/h7-8,10H,4-6,9H2,1-3H3. The van der Waals surface area contributed by atoms with Gasteiger partial charge in [0, 0.05) is 18.7 Å². The van der Waals surface area contributed by atoms with Gasteiger partial charge in [0.05, 0.1) is 0 Å². The Labute approximate surface area is 97.3 Å². The third-order valence-electron chi connectivity index (χ3n) is 3.18. The van der Waals surface area contributed by atoms with Gasteiger partial charge >= 0.3 is 0 Å². The first-order valence-electron chi connectivity index (χ1n) is 6.05. The number of benzene rings is 1. The summed E-state index contributed by atoms with van der Waals surface area (Å²) in [5, 5.41) is 0. The van der Waals surface area contributed by atoms with Gasteiger partial charge in [-0.3, -0.25) is 0 Å². The number of rotatable bonds is 2. The topological polar surface area (TPSA) is 3.24 Å². The van der Waals surface area contributed by atoms with Crippen molar-refractivity contribution in [1.29, 1.82) is 0 Å². The Balaban J connectivity index is 2.31. The molecule has 88 valence electrons. The van der Waals surface area contributed by atoms with Gasteiger partial charge in [0.1, 0.15) is 5.82 Å². The second-order valence-electron chi connectivity index (χ2n) is 5.30. The molecule has 0 aromatic heterocycles. The summed E-state index contributed by atoms with van der Waals surface area (Å²) in [5.41, 5.74) is 3.27. The number of halogens is 1. The first-order valence-corrected chi connectivity index (χ1v) is 6.05. The highest BCUT2D eigenvalue weighted by molar-refractivity contribution is 5.35. The van der Waals surface area contributed by atoms with Gasteiger partial charge in [-0.25, -0.2) is 4.39 Å². The summed E-state index contributed by atoms with van der Waals surface area (Å²) in [6.07, 6.45) is 1.95. The van der Waals surface area contributed by atoms with E-state index < -0.39 is 0 Å². The highest BCUT2D eigenvalue weighted by Gasteiger charge is 2.17. The van der Waals surface area contributed by atoms with Gasteiger partial charge < -0.3 is 4.90 Å². The molecule has 0 saturated heterocycles. The molecule has 16 heavy (non-hydrogen) atoms. The molecule has 2 rings (SSSR count). The van der Waals surface area contributed by atoms with E-state index in [9.17, 15) is 4.39 Å². The zero-order valence-corrected chi connectivity index (χ0v) is 10.4. The summed E-state index contributed by atoms with van der Waals surface area (Å²) in [7, 11) is 2.05. The molecule has 1 aliphatic rings. The van der Waals surface area contributed by atoms with Crippen LogP contribution in [0.5, 0.6) is 0 Å². The molecule has 1 nitrogen and oxygen atoms in total. The SMILES string of the molecule is CC(C)Cc1cc(F)c2c(c1)CCN(C)C2. The molecule has 1 aromatic rings. The Morgan fingerprint density at radius 1 is 1.38 bits per heavy atom. The smallest absolute Gasteiger partial charge is 0.128 e. The molecule has 0 aliphatic carbocycles. The second-order valence-corrected chi connectivity index (χ2v) is 5.30. The van der Waals surface area contributed by atoms with E-state index in [1.165, 1.54) is 5.56 Å². The summed E-state index contributed by atoms with van der Waals surface area (Å²) in [6, 6.07) is 3.92. The lowest BCUT2D eigenvalue weighted by molar-refractivity contribution is 0.305. The average molecular weight is 221 g/mol. The van der Waals surface area contributed by atoms with Crippen molar-refractivity contribution in [1.82, 2.24) is 4.90 Å². The van der Waals surface area contributed by atoms with E-state index in [2.05, 4.69) is 24.8 Å². The maximum atomic E-state index is 13.9. The predicted octanol–water partition coefficient (Wildman–Crippen LogP) is 3.01. The van der Waals surface area contributed by atoms with Crippen LogP contribution in [-0.2, 0) is 19.4 Å². The minimum Gasteiger partial charge on any atom is -0.302 e. The van der Waals surface area contributed by atoms with Crippen molar-refractivity contribution in [2.45, 2.75) is 33.2 Å². The van der Waals surface area contributed by atoms with Crippen LogP contribution in [0.2, 0.25) is 0 Å². The van der Waals surface area contributed by atoms with Crippen LogP contribution in [0.15, 0.2) is 12.1 Å². The summed E-state index contributed by atoms with van der Waals surface area (Å²) in [4.78, 5) is 2.17. The number of fused-ring (bicyclic) bond motifs is 1. The predicted molar refractivity (Wildman–Crippen MR) is 65.0 cm³/mol. The van der Waals surface area contributed by atoms with Crippen molar-refractivity contribution in [2.24, 2.45) is 5.92 Å². The van der Waals surface area contributed by atoms with Gasteiger partial charge in [0.15, 0.2) is 0 Å². The largest absolute Gasteiger partial charge is 0.302 e. The molecule has 1 aromatic carbocycles. The van der Waals surface area contributed by atoms with Crippen LogP contribution in [0.3, 0.4) is 0 Å². The molecule has 1 aliphatic heterocycles. The maximum absolute atomic E-state index is 13.9. The van der Waals surface area contributed by atoms with Crippen molar-refractivity contribution < 1.29 is 4.39 Å². The summed E-state index contributed by atoms with van der Waals surface area (Å²) in [6.45, 7) is 6.14. The molecule has 1 heterocycles. The van der Waals surface area contributed by atoms with Crippen molar-refractivity contribution >= 4 is 0 Å². The molecular formula is C14H20FN. The second kappa shape index (κ2) is 4.54. The minimum atomic E-state index is -0.0142. The van der Waals surface area contributed by atoms with Gasteiger partial charge in [-0.1, -0.05) is 19.9 Å². The molecule has 0 bridgehead atoms. The first kappa shape index (κ1) is 11.6. The molecular weight excluding hydrogens is 201 g/mol. The number of hydrogen-bond acceptors (Lipinski definition) is 1. The molecule has 0 spiro atoms. The van der Waals surface area contributed by atoms with Crippen LogP contribution < -0.4 is 0 Å². The van der Waals surface area contributed by atoms with Crippen LogP contribution in [0, 0.1) is 11.7 Å². The van der Waals surface area contributed by atoms with Gasteiger partial charge in [-0.15, -0.1) is 0 Å². The summed E-state index contributed by atoms with van der Waals surface area (Å²) < 4.78 is 13.9. The van der Waals surface area contributed by atoms with Crippen LogP contribution in [0.25, 0.3) is 0 Å². The maximum Gasteiger partial charge on any atom is 0.128 e. The Bertz CT molecular complexity index is 385. The van der Waals surface area contributed by atoms with Crippen molar-refractivity contribution in [3.8, 4) is 0 Å². The molecule has 0 saturated carbocycles. The molecule has 0 unspecified atom stereocenters. The molecule has 2 heteroatoms. The van der Waals surface area contributed by atoms with E-state index in [1.807, 2.05) is 7.05 Å². The first-order chi connectivity index (χ1) is 7.56. The lowest BCUT2D eigenvalue weighted by atomic mass is 9.93. The number of nitrogens with zero attached hydrogens (tertiary/aromatic N) is 1. The van der Waals surface area contributed by atoms with E-state index >= 15 is 0 Å². The minimum absolute atomic E-state index is 0.0142. The van der Waals surface area contributed by atoms with Gasteiger partial charge in [-0.2, -0.15) is 0 Å². The van der Waals surface area contributed by atoms with E-state index in [-0.39, 0.29) is 5.82 Å². The zero-order valence-electron chi connectivity index (χ0n) is 10.4. The van der Waals surface area contributed by atoms with E-state index in [0.717, 1.165) is 37.1 Å². The number of hydrogen-bond donors (Lipinski definition) is 0. The third-order valence-corrected chi connectivity index (χ3v) is 3.18. The molecule has 0 radical (unpaired) electrons. The zero-order chi connectivity index (χ0) is 11.7. The van der Waals surface area contributed by atoms with Gasteiger partial charge in [0.2, 0.25) is 0 Å². The van der Waals surface area contributed by atoms with E-state index in [4.69, 9.17) is 0 Å². The highest BCUT2D eigenvalue weighted by Crippen LogP contribution is 2.24. The lowest BCUT2D eigenvalue weighted by Crippen LogP contribution is -2.27. The Morgan fingerprint density at radius 2 is 2.12 bits per heavy atom. The quantitative estimate of drug-likeness (QED) is 0.742. The molecule has 0 atom stereocenters. The van der Waals surface area contributed by atoms with E-state index in [0.29, 0.717) is 5.92 Å². The van der Waals surface area contributed by atoms with E-state index in [1.54, 1.807) is 6.07 Å². The fraction of sp³-hybridized carbons (Fsp3) is 0.571. The average Bonchev–Trinajstić information content (AvgIpc) is 2.18. The van der Waals surface area contributed by atoms with Crippen LogP contribution >= 0.6 is 0 Å². The third kappa shape index (κ3) is 2.43. The summed E-state index contributed by atoms with van der Waals surface area (Å²) >= 11 is 0. The highest BCUT2D eigenvalue weighted by atomic mass is 19.1.